The van der Waals surface area contributed by atoms with E-state index in [2.05, 4.69) is 10.3 Å². The molecule has 1 fully saturated rings. The van der Waals surface area contributed by atoms with Gasteiger partial charge in [0, 0.05) is 38.0 Å². The fraction of sp³-hybridized carbons (Fsp3) is 0.692. The third-order valence-electron chi connectivity index (χ3n) is 3.47. The quantitative estimate of drug-likeness (QED) is 0.839. The molecule has 1 saturated heterocycles. The highest BCUT2D eigenvalue weighted by molar-refractivity contribution is 6.18. The normalized spacial score (nSPS) is 18.2. The van der Waals surface area contributed by atoms with E-state index >= 15 is 0 Å². The van der Waals surface area contributed by atoms with E-state index in [4.69, 9.17) is 16.3 Å². The van der Waals surface area contributed by atoms with Crippen LogP contribution in [0.3, 0.4) is 0 Å². The van der Waals surface area contributed by atoms with Crippen molar-refractivity contribution >= 4 is 17.4 Å². The van der Waals surface area contributed by atoms with Gasteiger partial charge in [-0.05, 0) is 19.3 Å². The first kappa shape index (κ1) is 14.3. The first-order chi connectivity index (χ1) is 9.21. The van der Waals surface area contributed by atoms with Crippen LogP contribution in [0.2, 0.25) is 0 Å². The van der Waals surface area contributed by atoms with Gasteiger partial charge >= 0.3 is 0 Å². The Morgan fingerprint density at radius 1 is 1.53 bits per heavy atom. The number of aromatic nitrogens is 2. The first-order valence-corrected chi connectivity index (χ1v) is 7.21. The van der Waals surface area contributed by atoms with Crippen molar-refractivity contribution in [1.82, 2.24) is 9.55 Å². The molecule has 1 aromatic rings. The number of ether oxygens (including phenoxy) is 1. The number of halogens is 1. The molecule has 0 bridgehead atoms. The van der Waals surface area contributed by atoms with Crippen LogP contribution in [0.15, 0.2) is 17.2 Å². The minimum Gasteiger partial charge on any atom is -0.381 e. The summed E-state index contributed by atoms with van der Waals surface area (Å²) in [6.45, 7) is 4.07. The van der Waals surface area contributed by atoms with Gasteiger partial charge in [0.25, 0.3) is 5.56 Å². The van der Waals surface area contributed by atoms with Crippen LogP contribution in [-0.2, 0) is 11.3 Å². The molecular weight excluding hydrogens is 266 g/mol. The molecule has 0 saturated carbocycles. The third-order valence-corrected chi connectivity index (χ3v) is 3.98. The highest BCUT2D eigenvalue weighted by atomic mass is 35.5. The molecule has 1 N–H and O–H groups in total. The molecule has 106 valence electrons. The summed E-state index contributed by atoms with van der Waals surface area (Å²) >= 11 is 6.09. The highest BCUT2D eigenvalue weighted by Crippen LogP contribution is 2.25. The zero-order valence-electron chi connectivity index (χ0n) is 11.2. The maximum atomic E-state index is 12.3. The summed E-state index contributed by atoms with van der Waals surface area (Å²) in [5, 5.41) is 3.25. The minimum absolute atomic E-state index is 0.0830. The molecule has 1 aliphatic heterocycles. The van der Waals surface area contributed by atoms with Gasteiger partial charge in [0.1, 0.15) is 0 Å². The van der Waals surface area contributed by atoms with Crippen molar-refractivity contribution in [3.8, 4) is 0 Å². The summed E-state index contributed by atoms with van der Waals surface area (Å²) in [4.78, 5) is 16.4. The average molecular weight is 286 g/mol. The largest absolute Gasteiger partial charge is 0.381 e. The molecule has 1 aromatic heterocycles. The van der Waals surface area contributed by atoms with Gasteiger partial charge in [-0.15, -0.1) is 11.6 Å². The molecule has 0 radical (unpaired) electrons. The number of hydrogen-bond acceptors (Lipinski definition) is 4. The maximum absolute atomic E-state index is 12.3. The summed E-state index contributed by atoms with van der Waals surface area (Å²) in [6, 6.07) is 0. The molecule has 0 unspecified atom stereocenters. The second-order valence-electron chi connectivity index (χ2n) is 4.93. The Bertz CT molecular complexity index is 469. The van der Waals surface area contributed by atoms with Crippen molar-refractivity contribution in [2.24, 2.45) is 0 Å². The average Bonchev–Trinajstić information content (AvgIpc) is 2.45. The number of hydrogen-bond donors (Lipinski definition) is 1. The molecule has 19 heavy (non-hydrogen) atoms. The second kappa shape index (κ2) is 6.39. The number of alkyl halides is 1. The number of rotatable bonds is 5. The van der Waals surface area contributed by atoms with Gasteiger partial charge in [-0.1, -0.05) is 6.92 Å². The van der Waals surface area contributed by atoms with Crippen LogP contribution in [0, 0.1) is 0 Å². The van der Waals surface area contributed by atoms with Crippen LogP contribution < -0.4 is 10.9 Å². The van der Waals surface area contributed by atoms with E-state index in [0.29, 0.717) is 31.5 Å². The Labute approximate surface area is 117 Å². The van der Waals surface area contributed by atoms with Crippen molar-refractivity contribution in [3.63, 3.8) is 0 Å². The van der Waals surface area contributed by atoms with E-state index in [0.717, 1.165) is 19.3 Å². The molecule has 0 atom stereocenters. The summed E-state index contributed by atoms with van der Waals surface area (Å²) in [6.07, 6.45) is 5.87. The number of nitrogens with one attached hydrogen (secondary N) is 1. The van der Waals surface area contributed by atoms with Gasteiger partial charge in [0.2, 0.25) is 0 Å². The van der Waals surface area contributed by atoms with Gasteiger partial charge in [-0.2, -0.15) is 0 Å². The van der Waals surface area contributed by atoms with Crippen molar-refractivity contribution in [3.05, 3.63) is 22.7 Å². The van der Waals surface area contributed by atoms with Gasteiger partial charge < -0.3 is 14.6 Å². The van der Waals surface area contributed by atoms with E-state index in [-0.39, 0.29) is 11.1 Å². The number of aryl methyl sites for hydroxylation is 1. The lowest BCUT2D eigenvalue weighted by Crippen LogP contribution is -2.47. The Balaban J connectivity index is 2.22. The number of nitrogens with zero attached hydrogens (tertiary/aromatic N) is 2. The van der Waals surface area contributed by atoms with Crippen LogP contribution >= 0.6 is 11.6 Å². The lowest BCUT2D eigenvalue weighted by atomic mass is 9.92. The molecule has 0 spiro atoms. The lowest BCUT2D eigenvalue weighted by Gasteiger charge is -2.36. The van der Waals surface area contributed by atoms with E-state index in [1.165, 1.54) is 0 Å². The Morgan fingerprint density at radius 2 is 2.26 bits per heavy atom. The molecule has 0 amide bonds. The first-order valence-electron chi connectivity index (χ1n) is 6.68. The summed E-state index contributed by atoms with van der Waals surface area (Å²) in [7, 11) is 0. The standard InChI is InChI=1S/C13H20ClN3O2/c1-2-6-17-7-5-15-11(12(17)18)16-13(10-14)3-8-19-9-4-13/h5,7H,2-4,6,8-10H2,1H3,(H,15,16). The van der Waals surface area contributed by atoms with Gasteiger partial charge in [0.15, 0.2) is 5.82 Å². The van der Waals surface area contributed by atoms with E-state index in [9.17, 15) is 4.79 Å². The van der Waals surface area contributed by atoms with Gasteiger partial charge in [0.05, 0.1) is 5.54 Å². The van der Waals surface area contributed by atoms with E-state index in [1.807, 2.05) is 6.92 Å². The summed E-state index contributed by atoms with van der Waals surface area (Å²) < 4.78 is 7.03. The second-order valence-corrected chi connectivity index (χ2v) is 5.19. The van der Waals surface area contributed by atoms with Crippen molar-refractivity contribution in [1.29, 1.82) is 0 Å². The third kappa shape index (κ3) is 3.28. The fourth-order valence-corrected chi connectivity index (χ4v) is 2.59. The summed E-state index contributed by atoms with van der Waals surface area (Å²) in [5.41, 5.74) is -0.363. The highest BCUT2D eigenvalue weighted by Gasteiger charge is 2.32. The van der Waals surface area contributed by atoms with Crippen LogP contribution in [0.25, 0.3) is 0 Å². The van der Waals surface area contributed by atoms with Crippen LogP contribution in [-0.4, -0.2) is 34.2 Å². The topological polar surface area (TPSA) is 56.1 Å². The number of anilines is 1. The molecule has 0 aliphatic carbocycles. The zero-order chi connectivity index (χ0) is 13.7. The van der Waals surface area contributed by atoms with Gasteiger partial charge in [-0.3, -0.25) is 4.79 Å². The monoisotopic (exact) mass is 285 g/mol. The molecule has 1 aliphatic rings. The summed E-state index contributed by atoms with van der Waals surface area (Å²) in [5.74, 6) is 0.832. The Kier molecular flexibility index (Phi) is 4.82. The van der Waals surface area contributed by atoms with E-state index < -0.39 is 0 Å². The van der Waals surface area contributed by atoms with Crippen molar-refractivity contribution in [2.45, 2.75) is 38.3 Å². The lowest BCUT2D eigenvalue weighted by molar-refractivity contribution is 0.0666. The van der Waals surface area contributed by atoms with Crippen molar-refractivity contribution < 1.29 is 4.74 Å². The van der Waals surface area contributed by atoms with Crippen LogP contribution in [0.5, 0.6) is 0 Å². The molecule has 2 heterocycles. The maximum Gasteiger partial charge on any atom is 0.293 e. The van der Waals surface area contributed by atoms with Gasteiger partial charge in [-0.25, -0.2) is 4.98 Å². The molecule has 6 heteroatoms. The molecule has 0 aromatic carbocycles. The minimum atomic E-state index is -0.280. The molecular formula is C13H20ClN3O2. The SMILES string of the molecule is CCCn1ccnc(NC2(CCl)CCOCC2)c1=O. The molecule has 5 nitrogen and oxygen atoms in total. The van der Waals surface area contributed by atoms with Crippen LogP contribution in [0.1, 0.15) is 26.2 Å². The molecule has 2 rings (SSSR count). The fourth-order valence-electron chi connectivity index (χ4n) is 2.26. The van der Waals surface area contributed by atoms with Crippen LogP contribution in [0.4, 0.5) is 5.82 Å². The predicted molar refractivity (Wildman–Crippen MR) is 75.9 cm³/mol. The Morgan fingerprint density at radius 3 is 2.89 bits per heavy atom. The zero-order valence-corrected chi connectivity index (χ0v) is 11.9. The smallest absolute Gasteiger partial charge is 0.293 e. The predicted octanol–water partition coefficient (Wildman–Crippen LogP) is 1.85. The van der Waals surface area contributed by atoms with Crippen molar-refractivity contribution in [2.75, 3.05) is 24.4 Å². The van der Waals surface area contributed by atoms with E-state index in [1.54, 1.807) is 17.0 Å². The Hall–Kier alpha value is -1.07.